The lowest BCUT2D eigenvalue weighted by molar-refractivity contribution is 0.0909. The minimum Gasteiger partial charge on any atom is -0.293 e. The van der Waals surface area contributed by atoms with E-state index in [1.54, 1.807) is 0 Å². The number of ketones is 1. The van der Waals surface area contributed by atoms with Gasteiger partial charge in [-0.2, -0.15) is 0 Å². The highest BCUT2D eigenvalue weighted by atomic mass is 79.9. The maximum atomic E-state index is 12.2. The molecule has 1 nitrogen and oxygen atoms in total. The Bertz CT molecular complexity index is 336. The van der Waals surface area contributed by atoms with Crippen LogP contribution in [-0.4, -0.2) is 5.78 Å². The predicted octanol–water partition coefficient (Wildman–Crippen LogP) is 5.56. The fourth-order valence-electron chi connectivity index (χ4n) is 1.77. The van der Waals surface area contributed by atoms with Crippen LogP contribution in [0.25, 0.3) is 0 Å². The molecule has 1 heterocycles. The second-order valence-electron chi connectivity index (χ2n) is 3.87. The molecule has 0 aliphatic rings. The molecule has 1 aromatic rings. The summed E-state index contributed by atoms with van der Waals surface area (Å²) in [4.78, 5) is 13.0. The molecule has 0 atom stereocenters. The molecule has 0 saturated carbocycles. The number of hydrogen-bond acceptors (Lipinski definition) is 2. The molecule has 0 bridgehead atoms. The van der Waals surface area contributed by atoms with Crippen LogP contribution < -0.4 is 0 Å². The molecule has 0 radical (unpaired) electrons. The Kier molecular flexibility index (Phi) is 6.01. The van der Waals surface area contributed by atoms with Gasteiger partial charge in [-0.15, -0.1) is 11.3 Å². The smallest absolute Gasteiger partial charge is 0.175 e. The van der Waals surface area contributed by atoms with E-state index in [1.165, 1.54) is 11.3 Å². The van der Waals surface area contributed by atoms with Crippen molar-refractivity contribution in [3.63, 3.8) is 0 Å². The molecule has 0 spiro atoms. The van der Waals surface area contributed by atoms with Crippen LogP contribution in [0, 0.1) is 5.92 Å². The Hall–Kier alpha value is 0.140. The van der Waals surface area contributed by atoms with Crippen LogP contribution in [0.4, 0.5) is 0 Å². The van der Waals surface area contributed by atoms with Gasteiger partial charge >= 0.3 is 0 Å². The zero-order valence-corrected chi connectivity index (χ0v) is 12.7. The van der Waals surface area contributed by atoms with E-state index in [-0.39, 0.29) is 11.7 Å². The standard InChI is InChI=1S/C12H16BrClOS/c1-3-5-8(6-4-2)11(15)10-7-9(13)12(14)16-10/h7-8H,3-6H2,1-2H3. The normalized spacial score (nSPS) is 11.1. The molecule has 90 valence electrons. The Labute approximate surface area is 114 Å². The average molecular weight is 324 g/mol. The van der Waals surface area contributed by atoms with Gasteiger partial charge < -0.3 is 0 Å². The number of Topliss-reactive ketones (excluding diaryl/α,β-unsaturated/α-hetero) is 1. The largest absolute Gasteiger partial charge is 0.293 e. The summed E-state index contributed by atoms with van der Waals surface area (Å²) < 4.78 is 1.49. The van der Waals surface area contributed by atoms with Crippen molar-refractivity contribution in [2.45, 2.75) is 39.5 Å². The molecular weight excluding hydrogens is 308 g/mol. The molecule has 16 heavy (non-hydrogen) atoms. The number of halogens is 2. The molecule has 0 aromatic carbocycles. The number of carbonyl (C=O) groups excluding carboxylic acids is 1. The van der Waals surface area contributed by atoms with E-state index in [0.717, 1.165) is 35.0 Å². The molecule has 0 fully saturated rings. The highest BCUT2D eigenvalue weighted by Gasteiger charge is 2.21. The Balaban J connectivity index is 2.81. The second-order valence-corrected chi connectivity index (χ2v) is 6.38. The molecular formula is C12H16BrClOS. The summed E-state index contributed by atoms with van der Waals surface area (Å²) in [7, 11) is 0. The third-order valence-electron chi connectivity index (χ3n) is 2.53. The van der Waals surface area contributed by atoms with Gasteiger partial charge in [0, 0.05) is 10.4 Å². The van der Waals surface area contributed by atoms with Gasteiger partial charge in [0.25, 0.3) is 0 Å². The molecule has 0 saturated heterocycles. The van der Waals surface area contributed by atoms with Gasteiger partial charge in [0.1, 0.15) is 4.34 Å². The summed E-state index contributed by atoms with van der Waals surface area (Å²) in [6.45, 7) is 4.24. The third kappa shape index (κ3) is 3.57. The van der Waals surface area contributed by atoms with Gasteiger partial charge in [0.15, 0.2) is 5.78 Å². The molecule has 1 aromatic heterocycles. The van der Waals surface area contributed by atoms with E-state index in [1.807, 2.05) is 6.07 Å². The Morgan fingerprint density at radius 2 is 2.00 bits per heavy atom. The molecule has 0 aliphatic carbocycles. The summed E-state index contributed by atoms with van der Waals surface area (Å²) in [5, 5.41) is 0. The quantitative estimate of drug-likeness (QED) is 0.626. The van der Waals surface area contributed by atoms with E-state index in [4.69, 9.17) is 11.6 Å². The summed E-state index contributed by atoms with van der Waals surface area (Å²) in [6, 6.07) is 1.84. The lowest BCUT2D eigenvalue weighted by Gasteiger charge is -2.12. The van der Waals surface area contributed by atoms with Crippen LogP contribution in [0.2, 0.25) is 4.34 Å². The van der Waals surface area contributed by atoms with Crippen molar-refractivity contribution < 1.29 is 4.79 Å². The number of rotatable bonds is 6. The molecule has 0 aliphatic heterocycles. The van der Waals surface area contributed by atoms with E-state index in [2.05, 4.69) is 29.8 Å². The maximum Gasteiger partial charge on any atom is 0.175 e. The zero-order valence-electron chi connectivity index (χ0n) is 9.56. The fourth-order valence-corrected chi connectivity index (χ4v) is 3.49. The molecule has 4 heteroatoms. The topological polar surface area (TPSA) is 17.1 Å². The maximum absolute atomic E-state index is 12.2. The Morgan fingerprint density at radius 1 is 1.44 bits per heavy atom. The second kappa shape index (κ2) is 6.77. The van der Waals surface area contributed by atoms with Crippen molar-refractivity contribution in [2.24, 2.45) is 5.92 Å². The van der Waals surface area contributed by atoms with E-state index in [9.17, 15) is 4.79 Å². The van der Waals surface area contributed by atoms with Gasteiger partial charge in [-0.25, -0.2) is 0 Å². The van der Waals surface area contributed by atoms with E-state index in [0.29, 0.717) is 4.34 Å². The van der Waals surface area contributed by atoms with Crippen molar-refractivity contribution in [2.75, 3.05) is 0 Å². The van der Waals surface area contributed by atoms with Crippen LogP contribution >= 0.6 is 38.9 Å². The number of thiophene rings is 1. The highest BCUT2D eigenvalue weighted by molar-refractivity contribution is 9.10. The van der Waals surface area contributed by atoms with Gasteiger partial charge in [-0.05, 0) is 34.8 Å². The first-order valence-corrected chi connectivity index (χ1v) is 7.57. The molecule has 0 amide bonds. The summed E-state index contributed by atoms with van der Waals surface area (Å²) in [6.07, 6.45) is 4.05. The first-order valence-electron chi connectivity index (χ1n) is 5.59. The van der Waals surface area contributed by atoms with Crippen molar-refractivity contribution >= 4 is 44.7 Å². The van der Waals surface area contributed by atoms with Gasteiger partial charge in [-0.3, -0.25) is 4.79 Å². The first kappa shape index (κ1) is 14.2. The molecule has 1 rings (SSSR count). The van der Waals surface area contributed by atoms with E-state index >= 15 is 0 Å². The third-order valence-corrected chi connectivity index (χ3v) is 5.02. The minimum absolute atomic E-state index is 0.164. The van der Waals surface area contributed by atoms with Crippen LogP contribution in [0.5, 0.6) is 0 Å². The monoisotopic (exact) mass is 322 g/mol. The Morgan fingerprint density at radius 3 is 2.38 bits per heavy atom. The summed E-state index contributed by atoms with van der Waals surface area (Å²) in [5.41, 5.74) is 0. The number of hydrogen-bond donors (Lipinski definition) is 0. The summed E-state index contributed by atoms with van der Waals surface area (Å²) in [5.74, 6) is 0.415. The molecule has 0 unspecified atom stereocenters. The van der Waals surface area contributed by atoms with Crippen LogP contribution in [0.15, 0.2) is 10.5 Å². The predicted molar refractivity (Wildman–Crippen MR) is 74.7 cm³/mol. The SMILES string of the molecule is CCCC(CCC)C(=O)c1cc(Br)c(Cl)s1. The average Bonchev–Trinajstić information content (AvgIpc) is 2.58. The highest BCUT2D eigenvalue weighted by Crippen LogP contribution is 2.34. The fraction of sp³-hybridized carbons (Fsp3) is 0.583. The van der Waals surface area contributed by atoms with Gasteiger partial charge in [-0.1, -0.05) is 38.3 Å². The van der Waals surface area contributed by atoms with Gasteiger partial charge in [0.2, 0.25) is 0 Å². The lowest BCUT2D eigenvalue weighted by atomic mass is 9.93. The lowest BCUT2D eigenvalue weighted by Crippen LogP contribution is -2.13. The van der Waals surface area contributed by atoms with Crippen molar-refractivity contribution in [1.82, 2.24) is 0 Å². The van der Waals surface area contributed by atoms with Crippen LogP contribution in [0.1, 0.15) is 49.2 Å². The molecule has 0 N–H and O–H groups in total. The first-order chi connectivity index (χ1) is 7.60. The van der Waals surface area contributed by atoms with Crippen LogP contribution in [0.3, 0.4) is 0 Å². The zero-order chi connectivity index (χ0) is 12.1. The summed E-state index contributed by atoms with van der Waals surface area (Å²) >= 11 is 10.7. The van der Waals surface area contributed by atoms with Crippen molar-refractivity contribution in [3.05, 3.63) is 19.8 Å². The van der Waals surface area contributed by atoms with E-state index < -0.39 is 0 Å². The van der Waals surface area contributed by atoms with Crippen molar-refractivity contribution in [1.29, 1.82) is 0 Å². The van der Waals surface area contributed by atoms with Crippen molar-refractivity contribution in [3.8, 4) is 0 Å². The van der Waals surface area contributed by atoms with Crippen LogP contribution in [-0.2, 0) is 0 Å². The van der Waals surface area contributed by atoms with Gasteiger partial charge in [0.05, 0.1) is 4.88 Å². The number of carbonyl (C=O) groups is 1. The minimum atomic E-state index is 0.164.